The molecule has 2 N–H and O–H groups in total. The van der Waals surface area contributed by atoms with Crippen LogP contribution in [0.15, 0.2) is 66.7 Å². The molecule has 0 radical (unpaired) electrons. The van der Waals surface area contributed by atoms with E-state index in [1.54, 1.807) is 31.4 Å². The second-order valence-corrected chi connectivity index (χ2v) is 5.81. The van der Waals surface area contributed by atoms with Crippen molar-refractivity contribution in [3.8, 4) is 5.75 Å². The smallest absolute Gasteiger partial charge is 0.261 e. The molecule has 7 heteroatoms. The van der Waals surface area contributed by atoms with Gasteiger partial charge in [0.15, 0.2) is 0 Å². The van der Waals surface area contributed by atoms with E-state index < -0.39 is 23.1 Å². The van der Waals surface area contributed by atoms with E-state index in [0.29, 0.717) is 22.7 Å². The fourth-order valence-corrected chi connectivity index (χ4v) is 2.49. The molecule has 0 atom stereocenters. The van der Waals surface area contributed by atoms with Crippen molar-refractivity contribution in [1.29, 1.82) is 0 Å². The summed E-state index contributed by atoms with van der Waals surface area (Å²) in [5.41, 5.74) is 0.585. The first kappa shape index (κ1) is 19.0. The number of hydrogen-bond donors (Lipinski definition) is 2. The van der Waals surface area contributed by atoms with Crippen molar-refractivity contribution in [2.75, 3.05) is 17.7 Å². The monoisotopic (exact) mass is 382 g/mol. The Hall–Kier alpha value is -3.74. The van der Waals surface area contributed by atoms with Gasteiger partial charge >= 0.3 is 0 Å². The number of ether oxygens (including phenoxy) is 1. The fourth-order valence-electron chi connectivity index (χ4n) is 2.49. The summed E-state index contributed by atoms with van der Waals surface area (Å²) in [6.07, 6.45) is 0. The molecule has 0 unspecified atom stereocenters. The molecule has 0 bridgehead atoms. The topological polar surface area (TPSA) is 67.4 Å². The lowest BCUT2D eigenvalue weighted by molar-refractivity contribution is 0.101. The fraction of sp³-hybridized carbons (Fsp3) is 0.0476. The van der Waals surface area contributed by atoms with Crippen molar-refractivity contribution >= 4 is 23.2 Å². The highest BCUT2D eigenvalue weighted by Crippen LogP contribution is 2.18. The Labute approximate surface area is 160 Å². The summed E-state index contributed by atoms with van der Waals surface area (Å²) in [7, 11) is 1.55. The van der Waals surface area contributed by atoms with Gasteiger partial charge in [-0.05, 0) is 60.7 Å². The lowest BCUT2D eigenvalue weighted by atomic mass is 10.1. The number of anilines is 2. The molecule has 0 fully saturated rings. The molecule has 0 aromatic heterocycles. The molecule has 142 valence electrons. The van der Waals surface area contributed by atoms with E-state index in [4.69, 9.17) is 4.74 Å². The lowest BCUT2D eigenvalue weighted by Gasteiger charge is -2.09. The molecule has 0 aliphatic heterocycles. The average Bonchev–Trinajstić information content (AvgIpc) is 2.69. The van der Waals surface area contributed by atoms with E-state index in [9.17, 15) is 18.4 Å². The largest absolute Gasteiger partial charge is 0.497 e. The van der Waals surface area contributed by atoms with Crippen LogP contribution in [0.3, 0.4) is 0 Å². The number of rotatable bonds is 5. The van der Waals surface area contributed by atoms with Crippen LogP contribution in [0.5, 0.6) is 5.75 Å². The van der Waals surface area contributed by atoms with Crippen LogP contribution in [-0.2, 0) is 0 Å². The minimum absolute atomic E-state index is 0.300. The van der Waals surface area contributed by atoms with Gasteiger partial charge in [-0.2, -0.15) is 0 Å². The summed E-state index contributed by atoms with van der Waals surface area (Å²) < 4.78 is 32.4. The van der Waals surface area contributed by atoms with Gasteiger partial charge in [0.2, 0.25) is 0 Å². The number of carbonyl (C=O) groups is 2. The predicted molar refractivity (Wildman–Crippen MR) is 102 cm³/mol. The lowest BCUT2D eigenvalue weighted by Crippen LogP contribution is -2.16. The van der Waals surface area contributed by atoms with E-state index in [2.05, 4.69) is 10.6 Å². The molecule has 28 heavy (non-hydrogen) atoms. The maximum Gasteiger partial charge on any atom is 0.261 e. The molecule has 0 aliphatic rings. The zero-order valence-electron chi connectivity index (χ0n) is 14.8. The standard InChI is InChI=1S/C21H16F2N2O3/c1-28-16-11-9-15(10-12-16)24-20(26)13-5-7-14(8-6-13)25-21(27)19-17(22)3-2-4-18(19)23/h2-12H,1H3,(H,24,26)(H,25,27). The number of amides is 2. The Balaban J connectivity index is 1.67. The average molecular weight is 382 g/mol. The van der Waals surface area contributed by atoms with Crippen LogP contribution in [-0.4, -0.2) is 18.9 Å². The Kier molecular flexibility index (Phi) is 5.64. The van der Waals surface area contributed by atoms with Gasteiger partial charge in [0.1, 0.15) is 22.9 Å². The summed E-state index contributed by atoms with van der Waals surface area (Å²) in [5, 5.41) is 5.13. The van der Waals surface area contributed by atoms with Crippen LogP contribution in [0.2, 0.25) is 0 Å². The van der Waals surface area contributed by atoms with Crippen LogP contribution in [0.25, 0.3) is 0 Å². The SMILES string of the molecule is COc1ccc(NC(=O)c2ccc(NC(=O)c3c(F)cccc3F)cc2)cc1. The summed E-state index contributed by atoms with van der Waals surface area (Å²) in [6.45, 7) is 0. The van der Waals surface area contributed by atoms with Crippen molar-refractivity contribution in [1.82, 2.24) is 0 Å². The van der Waals surface area contributed by atoms with Crippen LogP contribution < -0.4 is 15.4 Å². The highest BCUT2D eigenvalue weighted by Gasteiger charge is 2.17. The second kappa shape index (κ2) is 8.30. The number of methoxy groups -OCH3 is 1. The van der Waals surface area contributed by atoms with E-state index in [-0.39, 0.29) is 5.91 Å². The molecular weight excluding hydrogens is 366 g/mol. The molecule has 0 aliphatic carbocycles. The maximum atomic E-state index is 13.7. The molecule has 3 rings (SSSR count). The first-order chi connectivity index (χ1) is 13.5. The van der Waals surface area contributed by atoms with Crippen LogP contribution in [0.1, 0.15) is 20.7 Å². The van der Waals surface area contributed by atoms with Gasteiger partial charge in [-0.3, -0.25) is 9.59 Å². The van der Waals surface area contributed by atoms with E-state index in [0.717, 1.165) is 12.1 Å². The molecule has 0 heterocycles. The van der Waals surface area contributed by atoms with Crippen LogP contribution in [0, 0.1) is 11.6 Å². The maximum absolute atomic E-state index is 13.7. The number of halogens is 2. The summed E-state index contributed by atoms with van der Waals surface area (Å²) in [5.74, 6) is -2.49. The minimum atomic E-state index is -0.951. The Morgan fingerprint density at radius 2 is 1.25 bits per heavy atom. The normalized spacial score (nSPS) is 10.2. The first-order valence-corrected chi connectivity index (χ1v) is 8.29. The van der Waals surface area contributed by atoms with E-state index in [1.165, 1.54) is 30.3 Å². The quantitative estimate of drug-likeness (QED) is 0.684. The predicted octanol–water partition coefficient (Wildman–Crippen LogP) is 4.48. The van der Waals surface area contributed by atoms with Crippen molar-refractivity contribution < 1.29 is 23.1 Å². The molecule has 2 amide bonds. The Bertz CT molecular complexity index is 983. The third-order valence-electron chi connectivity index (χ3n) is 3.94. The third-order valence-corrected chi connectivity index (χ3v) is 3.94. The Morgan fingerprint density at radius 3 is 1.79 bits per heavy atom. The number of carbonyl (C=O) groups excluding carboxylic acids is 2. The second-order valence-electron chi connectivity index (χ2n) is 5.81. The molecule has 3 aromatic rings. The van der Waals surface area contributed by atoms with Crippen LogP contribution >= 0.6 is 0 Å². The zero-order valence-corrected chi connectivity index (χ0v) is 14.8. The van der Waals surface area contributed by atoms with Gasteiger partial charge in [-0.1, -0.05) is 6.07 Å². The highest BCUT2D eigenvalue weighted by atomic mass is 19.1. The van der Waals surface area contributed by atoms with Crippen molar-refractivity contribution in [3.63, 3.8) is 0 Å². The zero-order chi connectivity index (χ0) is 20.1. The van der Waals surface area contributed by atoms with Crippen molar-refractivity contribution in [2.45, 2.75) is 0 Å². The van der Waals surface area contributed by atoms with Gasteiger partial charge in [-0.15, -0.1) is 0 Å². The number of hydrogen-bond acceptors (Lipinski definition) is 3. The van der Waals surface area contributed by atoms with Gasteiger partial charge < -0.3 is 15.4 Å². The van der Waals surface area contributed by atoms with Gasteiger partial charge in [0, 0.05) is 16.9 Å². The van der Waals surface area contributed by atoms with E-state index >= 15 is 0 Å². The summed E-state index contributed by atoms with van der Waals surface area (Å²) in [4.78, 5) is 24.4. The molecule has 0 spiro atoms. The molecule has 0 saturated carbocycles. The van der Waals surface area contributed by atoms with Gasteiger partial charge in [0.05, 0.1) is 7.11 Å². The van der Waals surface area contributed by atoms with Crippen LogP contribution in [0.4, 0.5) is 20.2 Å². The summed E-state index contributed by atoms with van der Waals surface area (Å²) in [6, 6.07) is 16.0. The van der Waals surface area contributed by atoms with E-state index in [1.807, 2.05) is 0 Å². The molecule has 0 saturated heterocycles. The number of nitrogens with one attached hydrogen (secondary N) is 2. The van der Waals surface area contributed by atoms with Crippen molar-refractivity contribution in [2.24, 2.45) is 0 Å². The molecular formula is C21H16F2N2O3. The highest BCUT2D eigenvalue weighted by molar-refractivity contribution is 6.06. The van der Waals surface area contributed by atoms with Gasteiger partial charge in [0.25, 0.3) is 11.8 Å². The van der Waals surface area contributed by atoms with Gasteiger partial charge in [-0.25, -0.2) is 8.78 Å². The summed E-state index contributed by atoms with van der Waals surface area (Å²) >= 11 is 0. The third kappa shape index (κ3) is 4.32. The molecule has 5 nitrogen and oxygen atoms in total. The first-order valence-electron chi connectivity index (χ1n) is 8.29. The molecule has 3 aromatic carbocycles. The van der Waals surface area contributed by atoms with Crippen molar-refractivity contribution in [3.05, 3.63) is 89.5 Å². The minimum Gasteiger partial charge on any atom is -0.497 e. The number of benzene rings is 3. The Morgan fingerprint density at radius 1 is 0.750 bits per heavy atom.